The molecule has 60 heavy (non-hydrogen) atoms. The number of nitrogens with zero attached hydrogens (tertiary/aromatic N) is 2. The highest BCUT2D eigenvalue weighted by Gasteiger charge is 2.66. The molecule has 2 saturated carbocycles. The molecule has 2 fully saturated rings. The molecule has 0 saturated heterocycles. The molecular weight excluding hydrogens is 766 g/mol. The first kappa shape index (κ1) is 43.1. The second kappa shape index (κ2) is 20.0. The Morgan fingerprint density at radius 2 is 1.75 bits per heavy atom. The number of carbonyl (C=O) groups is 2. The number of carbonyl (C=O) groups excluding carboxylic acids is 2. The van der Waals surface area contributed by atoms with Crippen LogP contribution in [-0.2, 0) is 27.5 Å². The number of hydrogen-bond acceptors (Lipinski definition) is 9. The number of benzene rings is 3. The minimum Gasteiger partial charge on any atom is -0.459 e. The Bertz CT molecular complexity index is 2000. The Balaban J connectivity index is 1.44. The zero-order valence-corrected chi connectivity index (χ0v) is 34.5. The molecule has 4 aliphatic rings. The lowest BCUT2D eigenvalue weighted by atomic mass is 9.55. The molecule has 11 nitrogen and oxygen atoms in total. The van der Waals surface area contributed by atoms with E-state index in [4.69, 9.17) is 24.2 Å². The van der Waals surface area contributed by atoms with E-state index in [-0.39, 0.29) is 74.8 Å². The molecule has 1 aliphatic heterocycles. The Labute approximate surface area is 352 Å². The number of unbranched alkanes of at least 4 members (excludes halogenated alkanes) is 2. The number of ether oxygens (including phenoxy) is 3. The van der Waals surface area contributed by atoms with Gasteiger partial charge in [0.2, 0.25) is 11.7 Å². The third-order valence-corrected chi connectivity index (χ3v) is 12.3. The van der Waals surface area contributed by atoms with Gasteiger partial charge < -0.3 is 39.5 Å². The van der Waals surface area contributed by atoms with Crippen LogP contribution < -0.4 is 14.8 Å². The highest BCUT2D eigenvalue weighted by Crippen LogP contribution is 2.62. The van der Waals surface area contributed by atoms with Crippen LogP contribution in [0.1, 0.15) is 87.3 Å². The van der Waals surface area contributed by atoms with Crippen molar-refractivity contribution < 1.29 is 43.2 Å². The van der Waals surface area contributed by atoms with Gasteiger partial charge in [0.1, 0.15) is 30.0 Å². The number of amides is 2. The minimum absolute atomic E-state index is 0.00649. The molecule has 6 unspecified atom stereocenters. The van der Waals surface area contributed by atoms with Gasteiger partial charge in [-0.25, -0.2) is 9.18 Å². The predicted molar refractivity (Wildman–Crippen MR) is 226 cm³/mol. The molecule has 3 aliphatic carbocycles. The van der Waals surface area contributed by atoms with Crippen molar-refractivity contribution in [1.29, 1.82) is 0 Å². The van der Waals surface area contributed by atoms with Gasteiger partial charge in [0, 0.05) is 50.1 Å². The van der Waals surface area contributed by atoms with Gasteiger partial charge in [0.05, 0.1) is 18.2 Å². The van der Waals surface area contributed by atoms with Crippen molar-refractivity contribution in [2.75, 3.05) is 26.4 Å². The van der Waals surface area contributed by atoms with E-state index in [0.29, 0.717) is 36.6 Å². The van der Waals surface area contributed by atoms with Crippen molar-refractivity contribution in [2.24, 2.45) is 28.8 Å². The van der Waals surface area contributed by atoms with E-state index in [0.717, 1.165) is 60.8 Å². The highest BCUT2D eigenvalue weighted by molar-refractivity contribution is 6.03. The molecule has 0 spiro atoms. The van der Waals surface area contributed by atoms with Crippen LogP contribution in [0.4, 0.5) is 9.18 Å². The van der Waals surface area contributed by atoms with Crippen LogP contribution in [-0.4, -0.2) is 71.0 Å². The van der Waals surface area contributed by atoms with E-state index < -0.39 is 23.8 Å². The van der Waals surface area contributed by atoms with Gasteiger partial charge in [-0.2, -0.15) is 0 Å². The summed E-state index contributed by atoms with van der Waals surface area (Å²) in [4.78, 5) is 35.5. The van der Waals surface area contributed by atoms with Gasteiger partial charge in [-0.15, -0.1) is 6.58 Å². The van der Waals surface area contributed by atoms with Crippen LogP contribution >= 0.6 is 0 Å². The van der Waals surface area contributed by atoms with Crippen molar-refractivity contribution in [3.8, 4) is 11.5 Å². The molecule has 1 heterocycles. The summed E-state index contributed by atoms with van der Waals surface area (Å²) in [5.41, 5.74) is 4.14. The van der Waals surface area contributed by atoms with Gasteiger partial charge in [-0.1, -0.05) is 72.6 Å². The van der Waals surface area contributed by atoms with Crippen molar-refractivity contribution in [3.63, 3.8) is 0 Å². The molecule has 0 bridgehead atoms. The Hall–Kier alpha value is -5.04. The zero-order valence-electron chi connectivity index (χ0n) is 34.5. The average molecular weight is 824 g/mol. The number of aliphatic hydroxyl groups is 2. The Morgan fingerprint density at radius 1 is 1.00 bits per heavy atom. The molecular formula is C48H58FN3O8. The summed E-state index contributed by atoms with van der Waals surface area (Å²) in [6.45, 7) is 6.94. The van der Waals surface area contributed by atoms with Gasteiger partial charge in [0.15, 0.2) is 0 Å². The third kappa shape index (κ3) is 9.61. The van der Waals surface area contributed by atoms with E-state index in [1.54, 1.807) is 24.3 Å². The molecule has 2 amide bonds. The maximum Gasteiger partial charge on any atom is 0.412 e. The summed E-state index contributed by atoms with van der Waals surface area (Å²) < 4.78 is 34.4. The number of allylic oxidation sites excluding steroid dienone is 1. The quantitative estimate of drug-likeness (QED) is 0.0589. The number of rotatable bonds is 20. The lowest BCUT2D eigenvalue weighted by Gasteiger charge is -2.60. The molecule has 0 aromatic heterocycles. The fourth-order valence-electron chi connectivity index (χ4n) is 9.45. The Kier molecular flexibility index (Phi) is 14.4. The van der Waals surface area contributed by atoms with Crippen LogP contribution in [0.15, 0.2) is 102 Å². The first-order valence-corrected chi connectivity index (χ1v) is 21.5. The maximum absolute atomic E-state index is 14.7. The molecule has 3 aromatic carbocycles. The normalized spacial score (nSPS) is 24.6. The molecule has 6 atom stereocenters. The minimum atomic E-state index is -1.45. The van der Waals surface area contributed by atoms with Crippen LogP contribution in [0.2, 0.25) is 0 Å². The van der Waals surface area contributed by atoms with E-state index in [2.05, 4.69) is 18.0 Å². The second-order valence-electron chi connectivity index (χ2n) is 16.3. The Morgan fingerprint density at radius 3 is 2.45 bits per heavy atom. The van der Waals surface area contributed by atoms with Crippen LogP contribution in [0.3, 0.4) is 0 Å². The van der Waals surface area contributed by atoms with Crippen molar-refractivity contribution in [3.05, 3.63) is 120 Å². The highest BCUT2D eigenvalue weighted by atomic mass is 19.1. The lowest BCUT2D eigenvalue weighted by Crippen LogP contribution is -2.70. The molecule has 3 N–H and O–H groups in total. The van der Waals surface area contributed by atoms with E-state index >= 15 is 0 Å². The standard InChI is InChI=1S/C48H58FN3O8/c1-3-26-57-48-43(52(46(55)34-18-19-34)30-32-16-20-36(49)21-17-32)29-41(51-58-31-33-12-6-5-7-13-33)39-27-35(14-8-10-24-53)38(15-9-11-25-54)44(45(39)48)40-28-37(22-23-42(40)60-48)59-47(56)50-4-2/h3,5-7,12-13,16-17,20-23,27-28,34-35,38,43-45,53-54H,1,4,8-11,14-15,18-19,24-26,29-31H2,2H3,(H,50,56). The van der Waals surface area contributed by atoms with Crippen LogP contribution in [0.25, 0.3) is 0 Å². The SMILES string of the molecule is C=CCOC12Oc3ccc(OC(=O)NCC)cc3C3C(CCCCO)C(CCCCO)C=C(C(=NOCc4ccccc4)CC1N(Cc1ccc(F)cc1)C(=O)C1CC1)C32. The summed E-state index contributed by atoms with van der Waals surface area (Å²) >= 11 is 0. The van der Waals surface area contributed by atoms with Crippen molar-refractivity contribution in [1.82, 2.24) is 10.2 Å². The van der Waals surface area contributed by atoms with Gasteiger partial charge >= 0.3 is 6.09 Å². The molecule has 320 valence electrons. The van der Waals surface area contributed by atoms with E-state index in [1.165, 1.54) is 12.1 Å². The number of halogens is 1. The first-order chi connectivity index (χ1) is 29.3. The number of nitrogens with one attached hydrogen (secondary N) is 1. The first-order valence-electron chi connectivity index (χ1n) is 21.5. The average Bonchev–Trinajstić information content (AvgIpc) is 4.11. The number of fused-ring (bicyclic) bond motifs is 2. The van der Waals surface area contributed by atoms with E-state index in [9.17, 15) is 24.2 Å². The summed E-state index contributed by atoms with van der Waals surface area (Å²) in [5, 5.41) is 27.4. The lowest BCUT2D eigenvalue weighted by molar-refractivity contribution is -0.258. The number of aliphatic hydroxyl groups excluding tert-OH is 2. The topological polar surface area (TPSA) is 139 Å². The molecule has 0 radical (unpaired) electrons. The summed E-state index contributed by atoms with van der Waals surface area (Å²) in [6.07, 6.45) is 9.58. The largest absolute Gasteiger partial charge is 0.459 e. The van der Waals surface area contributed by atoms with Crippen LogP contribution in [0, 0.1) is 29.5 Å². The zero-order chi connectivity index (χ0) is 42.1. The second-order valence-corrected chi connectivity index (χ2v) is 16.3. The van der Waals surface area contributed by atoms with Crippen molar-refractivity contribution >= 4 is 17.7 Å². The fraction of sp³-hybridized carbons (Fsp3) is 0.479. The van der Waals surface area contributed by atoms with E-state index in [1.807, 2.05) is 54.3 Å². The number of hydrogen-bond donors (Lipinski definition) is 3. The maximum atomic E-state index is 14.7. The van der Waals surface area contributed by atoms with Gasteiger partial charge in [0.25, 0.3) is 0 Å². The summed E-state index contributed by atoms with van der Waals surface area (Å²) in [5.74, 6) is -1.90. The number of oxime groups is 1. The fourth-order valence-corrected chi connectivity index (χ4v) is 9.45. The van der Waals surface area contributed by atoms with Gasteiger partial charge in [-0.05, 0) is 104 Å². The molecule has 3 aromatic rings. The van der Waals surface area contributed by atoms with Gasteiger partial charge in [-0.3, -0.25) is 4.79 Å². The molecule has 12 heteroatoms. The predicted octanol–water partition coefficient (Wildman–Crippen LogP) is 8.21. The van der Waals surface area contributed by atoms with Crippen molar-refractivity contribution in [2.45, 2.75) is 95.6 Å². The summed E-state index contributed by atoms with van der Waals surface area (Å²) in [7, 11) is 0. The molecule has 7 rings (SSSR count). The smallest absolute Gasteiger partial charge is 0.412 e. The monoisotopic (exact) mass is 823 g/mol. The third-order valence-electron chi connectivity index (χ3n) is 12.3. The van der Waals surface area contributed by atoms with Crippen LogP contribution in [0.5, 0.6) is 11.5 Å². The summed E-state index contributed by atoms with van der Waals surface area (Å²) in [6, 6.07) is 20.7.